The molecular weight excluding hydrogens is 338 g/mol. The zero-order valence-electron chi connectivity index (χ0n) is 14.4. The highest BCUT2D eigenvalue weighted by molar-refractivity contribution is 5.95. The normalized spacial score (nSPS) is 18.5. The predicted octanol–water partition coefficient (Wildman–Crippen LogP) is 1.90. The number of hydrogen-bond donors (Lipinski definition) is 0. The van der Waals surface area contributed by atoms with Crippen LogP contribution in [0.2, 0.25) is 0 Å². The summed E-state index contributed by atoms with van der Waals surface area (Å²) >= 11 is 0. The highest BCUT2D eigenvalue weighted by Crippen LogP contribution is 2.33. The van der Waals surface area contributed by atoms with Crippen LogP contribution in [0.4, 0.5) is 0 Å². The molecule has 2 aliphatic rings. The van der Waals surface area contributed by atoms with Crippen molar-refractivity contribution in [2.45, 2.75) is 18.9 Å². The number of methoxy groups -OCH3 is 1. The molecule has 2 aromatic rings. The molecule has 1 aromatic carbocycles. The van der Waals surface area contributed by atoms with E-state index >= 15 is 0 Å². The summed E-state index contributed by atoms with van der Waals surface area (Å²) in [5.74, 6) is 2.01. The van der Waals surface area contributed by atoms with E-state index in [2.05, 4.69) is 9.97 Å². The maximum absolute atomic E-state index is 12.8. The molecule has 0 N–H and O–H groups in total. The van der Waals surface area contributed by atoms with E-state index in [1.54, 1.807) is 29.3 Å². The molecule has 136 valence electrons. The molecule has 1 saturated heterocycles. The summed E-state index contributed by atoms with van der Waals surface area (Å²) in [6, 6.07) is 5.25. The standard InChI is InChI=1S/C18H19N3O5/c1-23-16-8-19-9-17(20-16)26-13-3-2-6-21(10-13)18(22)12-4-5-14-15(7-12)25-11-24-14/h4-5,7-9,13H,2-3,6,10-11H2,1H3. The number of carbonyl (C=O) groups is 1. The van der Waals surface area contributed by atoms with Gasteiger partial charge in [-0.15, -0.1) is 0 Å². The fourth-order valence-corrected chi connectivity index (χ4v) is 3.09. The summed E-state index contributed by atoms with van der Waals surface area (Å²) in [4.78, 5) is 22.9. The van der Waals surface area contributed by atoms with Crippen molar-refractivity contribution in [3.8, 4) is 23.3 Å². The number of amides is 1. The van der Waals surface area contributed by atoms with Gasteiger partial charge in [-0.05, 0) is 31.0 Å². The minimum Gasteiger partial charge on any atom is -0.480 e. The second-order valence-electron chi connectivity index (χ2n) is 6.10. The fraction of sp³-hybridized carbons (Fsp3) is 0.389. The van der Waals surface area contributed by atoms with E-state index in [0.717, 1.165) is 12.8 Å². The Morgan fingerprint density at radius 1 is 1.23 bits per heavy atom. The quantitative estimate of drug-likeness (QED) is 0.826. The van der Waals surface area contributed by atoms with Crippen molar-refractivity contribution in [3.05, 3.63) is 36.2 Å². The molecule has 26 heavy (non-hydrogen) atoms. The van der Waals surface area contributed by atoms with Gasteiger partial charge in [-0.1, -0.05) is 0 Å². The molecule has 2 aliphatic heterocycles. The molecule has 0 radical (unpaired) electrons. The van der Waals surface area contributed by atoms with Gasteiger partial charge in [0.05, 0.1) is 26.0 Å². The minimum atomic E-state index is -0.136. The zero-order valence-corrected chi connectivity index (χ0v) is 14.4. The molecule has 0 bridgehead atoms. The van der Waals surface area contributed by atoms with Crippen LogP contribution in [0, 0.1) is 0 Å². The number of ether oxygens (including phenoxy) is 4. The Morgan fingerprint density at radius 3 is 2.96 bits per heavy atom. The van der Waals surface area contributed by atoms with Crippen molar-refractivity contribution in [2.24, 2.45) is 0 Å². The summed E-state index contributed by atoms with van der Waals surface area (Å²) < 4.78 is 21.6. The van der Waals surface area contributed by atoms with Gasteiger partial charge in [0, 0.05) is 12.1 Å². The van der Waals surface area contributed by atoms with Gasteiger partial charge < -0.3 is 23.8 Å². The molecule has 8 heteroatoms. The first-order valence-electron chi connectivity index (χ1n) is 8.44. The Bertz CT molecular complexity index is 813. The van der Waals surface area contributed by atoms with Crippen molar-refractivity contribution in [1.82, 2.24) is 14.9 Å². The maximum atomic E-state index is 12.8. The lowest BCUT2D eigenvalue weighted by Gasteiger charge is -2.32. The van der Waals surface area contributed by atoms with Crippen LogP contribution < -0.4 is 18.9 Å². The second kappa shape index (κ2) is 7.07. The topological polar surface area (TPSA) is 83.0 Å². The Labute approximate surface area is 150 Å². The van der Waals surface area contributed by atoms with E-state index in [1.165, 1.54) is 13.3 Å². The fourth-order valence-electron chi connectivity index (χ4n) is 3.09. The van der Waals surface area contributed by atoms with E-state index in [4.69, 9.17) is 18.9 Å². The lowest BCUT2D eigenvalue weighted by Crippen LogP contribution is -2.44. The first-order chi connectivity index (χ1) is 12.7. The van der Waals surface area contributed by atoms with E-state index in [0.29, 0.717) is 41.9 Å². The highest BCUT2D eigenvalue weighted by Gasteiger charge is 2.27. The molecule has 4 rings (SSSR count). The number of carbonyl (C=O) groups excluding carboxylic acids is 1. The van der Waals surface area contributed by atoms with Crippen LogP contribution in [-0.4, -0.2) is 53.9 Å². The number of benzene rings is 1. The van der Waals surface area contributed by atoms with Gasteiger partial charge in [-0.25, -0.2) is 0 Å². The summed E-state index contributed by atoms with van der Waals surface area (Å²) in [7, 11) is 1.53. The van der Waals surface area contributed by atoms with Gasteiger partial charge >= 0.3 is 0 Å². The molecule has 3 heterocycles. The average molecular weight is 357 g/mol. The molecule has 0 aliphatic carbocycles. The van der Waals surface area contributed by atoms with Crippen molar-refractivity contribution in [3.63, 3.8) is 0 Å². The lowest BCUT2D eigenvalue weighted by atomic mass is 10.1. The maximum Gasteiger partial charge on any atom is 0.254 e. The summed E-state index contributed by atoms with van der Waals surface area (Å²) in [6.07, 6.45) is 4.63. The van der Waals surface area contributed by atoms with Crippen LogP contribution in [0.15, 0.2) is 30.6 Å². The zero-order chi connectivity index (χ0) is 17.9. The number of rotatable bonds is 4. The largest absolute Gasteiger partial charge is 0.480 e. The van der Waals surface area contributed by atoms with Crippen molar-refractivity contribution in [2.75, 3.05) is 27.0 Å². The number of piperidine rings is 1. The van der Waals surface area contributed by atoms with Gasteiger partial charge in [-0.2, -0.15) is 4.98 Å². The van der Waals surface area contributed by atoms with E-state index in [-0.39, 0.29) is 18.8 Å². The van der Waals surface area contributed by atoms with Crippen molar-refractivity contribution in [1.29, 1.82) is 0 Å². The molecule has 1 fully saturated rings. The highest BCUT2D eigenvalue weighted by atomic mass is 16.7. The second-order valence-corrected chi connectivity index (χ2v) is 6.10. The Kier molecular flexibility index (Phi) is 4.47. The van der Waals surface area contributed by atoms with Gasteiger partial charge in [0.25, 0.3) is 5.91 Å². The predicted molar refractivity (Wildman–Crippen MR) is 90.7 cm³/mol. The molecule has 1 unspecified atom stereocenters. The number of aromatic nitrogens is 2. The smallest absolute Gasteiger partial charge is 0.254 e. The lowest BCUT2D eigenvalue weighted by molar-refractivity contribution is 0.0525. The Hall–Kier alpha value is -3.03. The average Bonchev–Trinajstić information content (AvgIpc) is 3.15. The minimum absolute atomic E-state index is 0.0478. The first kappa shape index (κ1) is 16.4. The Morgan fingerprint density at radius 2 is 2.08 bits per heavy atom. The van der Waals surface area contributed by atoms with Gasteiger partial charge in [0.2, 0.25) is 18.6 Å². The number of fused-ring (bicyclic) bond motifs is 1. The monoisotopic (exact) mass is 357 g/mol. The van der Waals surface area contributed by atoms with Gasteiger partial charge in [0.1, 0.15) is 6.10 Å². The van der Waals surface area contributed by atoms with Crippen molar-refractivity contribution < 1.29 is 23.7 Å². The molecule has 1 amide bonds. The SMILES string of the molecule is COc1cncc(OC2CCCN(C(=O)c3ccc4c(c3)OCO4)C2)n1. The first-order valence-corrected chi connectivity index (χ1v) is 8.44. The molecule has 1 atom stereocenters. The third kappa shape index (κ3) is 3.35. The van der Waals surface area contributed by atoms with E-state index in [9.17, 15) is 4.79 Å². The van der Waals surface area contributed by atoms with Crippen LogP contribution >= 0.6 is 0 Å². The third-order valence-electron chi connectivity index (χ3n) is 4.37. The summed E-state index contributed by atoms with van der Waals surface area (Å²) in [6.45, 7) is 1.37. The van der Waals surface area contributed by atoms with Gasteiger partial charge in [-0.3, -0.25) is 9.78 Å². The number of nitrogens with zero attached hydrogens (tertiary/aromatic N) is 3. The molecule has 8 nitrogen and oxygen atoms in total. The Balaban J connectivity index is 1.43. The van der Waals surface area contributed by atoms with Crippen molar-refractivity contribution >= 4 is 5.91 Å². The van der Waals surface area contributed by atoms with Crippen LogP contribution in [0.3, 0.4) is 0 Å². The van der Waals surface area contributed by atoms with Crippen LogP contribution in [0.1, 0.15) is 23.2 Å². The number of likely N-dealkylation sites (tertiary alicyclic amines) is 1. The van der Waals surface area contributed by atoms with E-state index in [1.807, 2.05) is 0 Å². The molecule has 0 spiro atoms. The van der Waals surface area contributed by atoms with Crippen LogP contribution in [0.5, 0.6) is 23.3 Å². The van der Waals surface area contributed by atoms with E-state index < -0.39 is 0 Å². The summed E-state index contributed by atoms with van der Waals surface area (Å²) in [5.41, 5.74) is 0.580. The molecule has 1 aromatic heterocycles. The summed E-state index contributed by atoms with van der Waals surface area (Å²) in [5, 5.41) is 0. The van der Waals surface area contributed by atoms with Crippen LogP contribution in [0.25, 0.3) is 0 Å². The molecule has 0 saturated carbocycles. The third-order valence-corrected chi connectivity index (χ3v) is 4.37. The number of hydrogen-bond acceptors (Lipinski definition) is 7. The molecular formula is C18H19N3O5. The van der Waals surface area contributed by atoms with Gasteiger partial charge in [0.15, 0.2) is 11.5 Å². The van der Waals surface area contributed by atoms with Crippen LogP contribution in [-0.2, 0) is 0 Å².